The molecule has 0 saturated heterocycles. The number of halogens is 1. The molecule has 54 valence electrons. The van der Waals surface area contributed by atoms with Gasteiger partial charge in [0, 0.05) is 0 Å². The van der Waals surface area contributed by atoms with E-state index in [-0.39, 0.29) is 15.7 Å². The molecule has 0 spiro atoms. The van der Waals surface area contributed by atoms with Gasteiger partial charge in [0.15, 0.2) is 0 Å². The molecule has 0 aliphatic rings. The van der Waals surface area contributed by atoms with Crippen LogP contribution in [0.5, 0.6) is 0 Å². The second-order valence-electron chi connectivity index (χ2n) is 1.71. The molecule has 1 aromatic carbocycles. The van der Waals surface area contributed by atoms with E-state index in [9.17, 15) is 0 Å². The third-order valence-corrected chi connectivity index (χ3v) is 1.90. The van der Waals surface area contributed by atoms with Crippen molar-refractivity contribution >= 4 is 20.0 Å². The van der Waals surface area contributed by atoms with Gasteiger partial charge in [0.05, 0.1) is 0 Å². The van der Waals surface area contributed by atoms with Gasteiger partial charge in [-0.2, -0.15) is 0 Å². The van der Waals surface area contributed by atoms with Crippen molar-refractivity contribution in [3.63, 3.8) is 0 Å². The molecule has 2 heteroatoms. The van der Waals surface area contributed by atoms with Crippen LogP contribution in [0.3, 0.4) is 0 Å². The van der Waals surface area contributed by atoms with Gasteiger partial charge in [-0.15, -0.1) is 0 Å². The Morgan fingerprint density at radius 3 is 2.60 bits per heavy atom. The molecule has 0 aliphatic heterocycles. The Morgan fingerprint density at radius 1 is 1.30 bits per heavy atom. The van der Waals surface area contributed by atoms with Gasteiger partial charge in [-0.05, 0) is 0 Å². The van der Waals surface area contributed by atoms with Crippen LogP contribution >= 0.6 is 9.69 Å². The van der Waals surface area contributed by atoms with Crippen LogP contribution in [0.2, 0.25) is 0 Å². The van der Waals surface area contributed by atoms with E-state index in [1.165, 1.54) is 0 Å². The molecule has 0 aromatic heterocycles. The summed E-state index contributed by atoms with van der Waals surface area (Å²) in [5.41, 5.74) is 1.16. The second-order valence-corrected chi connectivity index (χ2v) is 3.24. The average Bonchev–Trinajstić information content (AvgIpc) is 2.03. The maximum atomic E-state index is 5.48. The van der Waals surface area contributed by atoms with Crippen molar-refractivity contribution in [2.75, 3.05) is 0 Å². The summed E-state index contributed by atoms with van der Waals surface area (Å²) in [6.45, 7) is 0. The zero-order valence-corrected chi connectivity index (χ0v) is 7.57. The van der Waals surface area contributed by atoms with Crippen molar-refractivity contribution in [1.29, 1.82) is 0 Å². The minimum absolute atomic E-state index is 0.0590. The van der Waals surface area contributed by atoms with Crippen molar-refractivity contribution in [3.05, 3.63) is 35.9 Å². The summed E-state index contributed by atoms with van der Waals surface area (Å²) in [5.74, 6) is 0. The molecule has 0 bridgehead atoms. The molecular weight excluding hydrogens is 234 g/mol. The van der Waals surface area contributed by atoms with Crippen molar-refractivity contribution in [2.45, 2.75) is 0 Å². The third kappa shape index (κ3) is 2.58. The number of benzene rings is 1. The molecular formula is C8H6ClRh. The van der Waals surface area contributed by atoms with E-state index in [1.807, 2.05) is 36.4 Å². The first-order valence-electron chi connectivity index (χ1n) is 2.78. The Labute approximate surface area is 71.7 Å². The fourth-order valence-corrected chi connectivity index (χ4v) is 1.20. The normalized spacial score (nSPS) is 8.90. The van der Waals surface area contributed by atoms with Crippen molar-refractivity contribution < 1.29 is 15.7 Å². The van der Waals surface area contributed by atoms with Crippen molar-refractivity contribution in [3.8, 4) is 0 Å². The molecule has 0 heterocycles. The second kappa shape index (κ2) is 4.58. The summed E-state index contributed by atoms with van der Waals surface area (Å²) in [6.07, 6.45) is 1.91. The molecule has 0 fully saturated rings. The van der Waals surface area contributed by atoms with Crippen LogP contribution in [0.1, 0.15) is 5.56 Å². The summed E-state index contributed by atoms with van der Waals surface area (Å²) in [7, 11) is 5.48. The van der Waals surface area contributed by atoms with E-state index in [4.69, 9.17) is 9.69 Å². The standard InChI is InChI=1S/C8H6.ClH.Rh/c1-2-8-6-4-3-5-7-8;;/h2-7H;1H;/q;;+1/p-1. The van der Waals surface area contributed by atoms with E-state index in [1.54, 1.807) is 0 Å². The van der Waals surface area contributed by atoms with E-state index in [0.29, 0.717) is 0 Å². The van der Waals surface area contributed by atoms with Crippen LogP contribution in [0.4, 0.5) is 0 Å². The molecule has 1 aromatic rings. The van der Waals surface area contributed by atoms with E-state index < -0.39 is 0 Å². The summed E-state index contributed by atoms with van der Waals surface area (Å²) >= 11 is -0.0590. The van der Waals surface area contributed by atoms with E-state index in [0.717, 1.165) is 5.56 Å². The third-order valence-electron chi connectivity index (χ3n) is 1.05. The van der Waals surface area contributed by atoms with Crippen LogP contribution in [0.25, 0.3) is 6.08 Å². The van der Waals surface area contributed by atoms with Crippen LogP contribution in [-0.4, -0.2) is 4.26 Å². The minimum atomic E-state index is -0.0590. The fourth-order valence-electron chi connectivity index (χ4n) is 0.623. The van der Waals surface area contributed by atoms with E-state index in [2.05, 4.69) is 4.26 Å². The Balaban J connectivity index is 2.87. The molecule has 0 atom stereocenters. The molecule has 10 heavy (non-hydrogen) atoms. The first-order chi connectivity index (χ1) is 4.93. The van der Waals surface area contributed by atoms with Gasteiger partial charge < -0.3 is 0 Å². The summed E-state index contributed by atoms with van der Waals surface area (Å²) in [4.78, 5) is 0. The van der Waals surface area contributed by atoms with Crippen LogP contribution in [0.15, 0.2) is 30.3 Å². The summed E-state index contributed by atoms with van der Waals surface area (Å²) in [6, 6.07) is 10.0. The molecule has 0 amide bonds. The molecule has 0 N–H and O–H groups in total. The quantitative estimate of drug-likeness (QED) is 0.661. The van der Waals surface area contributed by atoms with Crippen LogP contribution in [0, 0.1) is 0 Å². The molecule has 0 unspecified atom stereocenters. The van der Waals surface area contributed by atoms with Gasteiger partial charge in [-0.3, -0.25) is 0 Å². The Kier molecular flexibility index (Phi) is 3.61. The first-order valence-corrected chi connectivity index (χ1v) is 5.71. The number of hydrogen-bond acceptors (Lipinski definition) is 0. The Hall–Kier alpha value is -0.217. The Morgan fingerprint density at radius 2 is 2.00 bits per heavy atom. The van der Waals surface area contributed by atoms with Gasteiger partial charge in [-0.25, -0.2) is 0 Å². The molecule has 0 aliphatic carbocycles. The monoisotopic (exact) mass is 240 g/mol. The molecule has 1 rings (SSSR count). The van der Waals surface area contributed by atoms with Gasteiger partial charge in [0.1, 0.15) is 0 Å². The number of hydrogen-bond donors (Lipinski definition) is 0. The van der Waals surface area contributed by atoms with E-state index >= 15 is 0 Å². The predicted octanol–water partition coefficient (Wildman–Crippen LogP) is 2.34. The topological polar surface area (TPSA) is 0 Å². The predicted molar refractivity (Wildman–Crippen MR) is 41.8 cm³/mol. The van der Waals surface area contributed by atoms with Gasteiger partial charge in [-0.1, -0.05) is 0 Å². The van der Waals surface area contributed by atoms with Gasteiger partial charge in [0.2, 0.25) is 0 Å². The van der Waals surface area contributed by atoms with Gasteiger partial charge >= 0.3 is 71.6 Å². The van der Waals surface area contributed by atoms with Crippen molar-refractivity contribution in [1.82, 2.24) is 0 Å². The van der Waals surface area contributed by atoms with Crippen LogP contribution in [-0.2, 0) is 15.7 Å². The maximum absolute atomic E-state index is 5.48. The SMILES string of the molecule is [Cl][Rh]=[C]=Cc1ccccc1. The summed E-state index contributed by atoms with van der Waals surface area (Å²) in [5, 5.41) is 0. The fraction of sp³-hybridized carbons (Fsp3) is 0. The summed E-state index contributed by atoms with van der Waals surface area (Å²) < 4.78 is 2.97. The molecule has 0 saturated carbocycles. The zero-order chi connectivity index (χ0) is 7.23. The van der Waals surface area contributed by atoms with Crippen LogP contribution < -0.4 is 0 Å². The molecule has 0 nitrogen and oxygen atoms in total. The molecule has 0 radical (unpaired) electrons. The number of rotatable bonds is 1. The Bertz CT molecular complexity index is 247. The van der Waals surface area contributed by atoms with Gasteiger partial charge in [0.25, 0.3) is 0 Å². The van der Waals surface area contributed by atoms with Crippen molar-refractivity contribution in [2.24, 2.45) is 0 Å². The average molecular weight is 240 g/mol. The zero-order valence-electron chi connectivity index (χ0n) is 5.18. The first kappa shape index (κ1) is 7.89.